The standard InChI is InChI=1S/C28H28ClN3/c1-19(2)8-9-21-10-13-23(14-11-21)20(3)28-31-26-16-22(17-30)12-15-27(26)32(28)18-24-6-4-5-7-25(24)29/h4-7,10-16,19-20H,8-9,18H2,1-3H3. The van der Waals surface area contributed by atoms with Gasteiger partial charge in [-0.25, -0.2) is 4.98 Å². The lowest BCUT2D eigenvalue weighted by Gasteiger charge is -2.16. The zero-order valence-electron chi connectivity index (χ0n) is 18.8. The second-order valence-corrected chi connectivity index (χ2v) is 9.27. The zero-order valence-corrected chi connectivity index (χ0v) is 19.6. The highest BCUT2D eigenvalue weighted by molar-refractivity contribution is 6.31. The fraction of sp³-hybridized carbons (Fsp3) is 0.286. The summed E-state index contributed by atoms with van der Waals surface area (Å²) in [6, 6.07) is 24.8. The lowest BCUT2D eigenvalue weighted by atomic mass is 9.96. The number of nitriles is 1. The van der Waals surface area contributed by atoms with Crippen molar-refractivity contribution in [3.63, 3.8) is 0 Å². The molecule has 0 aliphatic carbocycles. The van der Waals surface area contributed by atoms with E-state index in [2.05, 4.69) is 61.7 Å². The van der Waals surface area contributed by atoms with E-state index in [4.69, 9.17) is 16.6 Å². The number of nitrogens with zero attached hydrogens (tertiary/aromatic N) is 3. The minimum Gasteiger partial charge on any atom is -0.323 e. The van der Waals surface area contributed by atoms with Gasteiger partial charge in [-0.1, -0.05) is 74.8 Å². The van der Waals surface area contributed by atoms with Crippen LogP contribution in [0.3, 0.4) is 0 Å². The third-order valence-corrected chi connectivity index (χ3v) is 6.44. The molecule has 1 unspecified atom stereocenters. The molecular weight excluding hydrogens is 414 g/mol. The molecule has 3 aromatic carbocycles. The molecule has 1 aromatic heterocycles. The molecule has 0 fully saturated rings. The maximum absolute atomic E-state index is 9.33. The fourth-order valence-corrected chi connectivity index (χ4v) is 4.28. The third-order valence-electron chi connectivity index (χ3n) is 6.07. The Hall–Kier alpha value is -3.09. The van der Waals surface area contributed by atoms with Crippen LogP contribution >= 0.6 is 11.6 Å². The van der Waals surface area contributed by atoms with Gasteiger partial charge >= 0.3 is 0 Å². The topological polar surface area (TPSA) is 41.6 Å². The lowest BCUT2D eigenvalue weighted by Crippen LogP contribution is -2.10. The van der Waals surface area contributed by atoms with Gasteiger partial charge in [0.1, 0.15) is 5.82 Å². The number of rotatable bonds is 7. The van der Waals surface area contributed by atoms with Crippen LogP contribution in [-0.2, 0) is 13.0 Å². The van der Waals surface area contributed by atoms with Crippen LogP contribution in [-0.4, -0.2) is 9.55 Å². The number of imidazole rings is 1. The first kappa shape index (κ1) is 22.1. The highest BCUT2D eigenvalue weighted by Gasteiger charge is 2.19. The largest absolute Gasteiger partial charge is 0.323 e. The number of aryl methyl sites for hydroxylation is 1. The van der Waals surface area contributed by atoms with E-state index in [0.29, 0.717) is 18.0 Å². The van der Waals surface area contributed by atoms with Gasteiger partial charge < -0.3 is 4.57 Å². The number of hydrogen-bond donors (Lipinski definition) is 0. The molecule has 0 bridgehead atoms. The smallest absolute Gasteiger partial charge is 0.117 e. The molecule has 0 amide bonds. The molecule has 0 aliphatic heterocycles. The molecule has 0 saturated heterocycles. The summed E-state index contributed by atoms with van der Waals surface area (Å²) in [7, 11) is 0. The Balaban J connectivity index is 1.73. The fourth-order valence-electron chi connectivity index (χ4n) is 4.09. The third kappa shape index (κ3) is 4.71. The van der Waals surface area contributed by atoms with E-state index in [9.17, 15) is 5.26 Å². The summed E-state index contributed by atoms with van der Waals surface area (Å²) >= 11 is 6.48. The van der Waals surface area contributed by atoms with Gasteiger partial charge in [-0.2, -0.15) is 5.26 Å². The van der Waals surface area contributed by atoms with Crippen LogP contribution in [0.5, 0.6) is 0 Å². The van der Waals surface area contributed by atoms with Crippen molar-refractivity contribution < 1.29 is 0 Å². The summed E-state index contributed by atoms with van der Waals surface area (Å²) in [5, 5.41) is 10.1. The monoisotopic (exact) mass is 441 g/mol. The molecule has 1 heterocycles. The highest BCUT2D eigenvalue weighted by atomic mass is 35.5. The van der Waals surface area contributed by atoms with Crippen LogP contribution in [0.15, 0.2) is 66.7 Å². The van der Waals surface area contributed by atoms with E-state index in [1.165, 1.54) is 17.5 Å². The minimum absolute atomic E-state index is 0.106. The molecule has 0 saturated carbocycles. The molecular formula is C28H28ClN3. The van der Waals surface area contributed by atoms with E-state index >= 15 is 0 Å². The van der Waals surface area contributed by atoms with Gasteiger partial charge in [-0.3, -0.25) is 0 Å². The van der Waals surface area contributed by atoms with Crippen LogP contribution in [0.25, 0.3) is 11.0 Å². The molecule has 0 aliphatic rings. The molecule has 0 spiro atoms. The average Bonchev–Trinajstić information content (AvgIpc) is 3.16. The van der Waals surface area contributed by atoms with Crippen molar-refractivity contribution in [3.05, 3.63) is 99.8 Å². The van der Waals surface area contributed by atoms with E-state index in [1.807, 2.05) is 36.4 Å². The Morgan fingerprint density at radius 3 is 2.44 bits per heavy atom. The highest BCUT2D eigenvalue weighted by Crippen LogP contribution is 2.30. The second kappa shape index (κ2) is 9.59. The van der Waals surface area contributed by atoms with Crippen LogP contribution < -0.4 is 0 Å². The van der Waals surface area contributed by atoms with E-state index in [-0.39, 0.29) is 5.92 Å². The Kier molecular flexibility index (Phi) is 6.63. The van der Waals surface area contributed by atoms with Crippen molar-refractivity contribution in [3.8, 4) is 6.07 Å². The van der Waals surface area contributed by atoms with Crippen LogP contribution in [0.4, 0.5) is 0 Å². The molecule has 4 heteroatoms. The van der Waals surface area contributed by atoms with Gasteiger partial charge in [0, 0.05) is 10.9 Å². The summed E-state index contributed by atoms with van der Waals surface area (Å²) in [5.74, 6) is 1.79. The average molecular weight is 442 g/mol. The van der Waals surface area contributed by atoms with Crippen LogP contribution in [0, 0.1) is 17.2 Å². The first-order valence-electron chi connectivity index (χ1n) is 11.2. The van der Waals surface area contributed by atoms with Gasteiger partial charge in [-0.05, 0) is 59.7 Å². The van der Waals surface area contributed by atoms with Gasteiger partial charge in [0.25, 0.3) is 0 Å². The molecule has 0 N–H and O–H groups in total. The number of fused-ring (bicyclic) bond motifs is 1. The quantitative estimate of drug-likeness (QED) is 0.301. The Morgan fingerprint density at radius 2 is 1.75 bits per heavy atom. The maximum atomic E-state index is 9.33. The van der Waals surface area contributed by atoms with Gasteiger partial charge in [0.15, 0.2) is 0 Å². The van der Waals surface area contributed by atoms with Crippen molar-refractivity contribution in [2.45, 2.75) is 46.1 Å². The lowest BCUT2D eigenvalue weighted by molar-refractivity contribution is 0.586. The summed E-state index contributed by atoms with van der Waals surface area (Å²) in [6.07, 6.45) is 2.30. The van der Waals surface area contributed by atoms with E-state index < -0.39 is 0 Å². The van der Waals surface area contributed by atoms with Crippen LogP contribution in [0.2, 0.25) is 5.02 Å². The molecule has 4 aromatic rings. The van der Waals surface area contributed by atoms with Crippen molar-refractivity contribution in [2.75, 3.05) is 0 Å². The summed E-state index contributed by atoms with van der Waals surface area (Å²) in [6.45, 7) is 7.35. The summed E-state index contributed by atoms with van der Waals surface area (Å²) in [5.41, 5.74) is 6.13. The van der Waals surface area contributed by atoms with Crippen molar-refractivity contribution >= 4 is 22.6 Å². The Morgan fingerprint density at radius 1 is 1.00 bits per heavy atom. The van der Waals surface area contributed by atoms with Crippen LogP contribution in [0.1, 0.15) is 61.2 Å². The first-order chi connectivity index (χ1) is 15.5. The van der Waals surface area contributed by atoms with Gasteiger partial charge in [-0.15, -0.1) is 0 Å². The van der Waals surface area contributed by atoms with Gasteiger partial charge in [0.2, 0.25) is 0 Å². The molecule has 162 valence electrons. The maximum Gasteiger partial charge on any atom is 0.117 e. The number of benzene rings is 3. The predicted octanol–water partition coefficient (Wildman–Crippen LogP) is 7.35. The molecule has 3 nitrogen and oxygen atoms in total. The number of aromatic nitrogens is 2. The van der Waals surface area contributed by atoms with Crippen molar-refractivity contribution in [2.24, 2.45) is 5.92 Å². The first-order valence-corrected chi connectivity index (χ1v) is 11.6. The van der Waals surface area contributed by atoms with E-state index in [1.54, 1.807) is 0 Å². The predicted molar refractivity (Wildman–Crippen MR) is 132 cm³/mol. The molecule has 0 radical (unpaired) electrons. The van der Waals surface area contributed by atoms with Crippen molar-refractivity contribution in [1.29, 1.82) is 5.26 Å². The SMILES string of the molecule is CC(C)CCc1ccc(C(C)c2nc3cc(C#N)ccc3n2Cc2ccccc2Cl)cc1. The summed E-state index contributed by atoms with van der Waals surface area (Å²) in [4.78, 5) is 4.97. The molecule has 32 heavy (non-hydrogen) atoms. The van der Waals surface area contributed by atoms with Crippen molar-refractivity contribution in [1.82, 2.24) is 9.55 Å². The number of halogens is 1. The minimum atomic E-state index is 0.106. The molecule has 1 atom stereocenters. The Bertz CT molecular complexity index is 1260. The second-order valence-electron chi connectivity index (χ2n) is 8.86. The van der Waals surface area contributed by atoms with E-state index in [0.717, 1.165) is 33.9 Å². The normalized spacial score (nSPS) is 12.2. The van der Waals surface area contributed by atoms with Gasteiger partial charge in [0.05, 0.1) is 29.2 Å². The zero-order chi connectivity index (χ0) is 22.7. The summed E-state index contributed by atoms with van der Waals surface area (Å²) < 4.78 is 2.23. The Labute approximate surface area is 195 Å². The number of hydrogen-bond acceptors (Lipinski definition) is 2. The molecule has 4 rings (SSSR count).